The van der Waals surface area contributed by atoms with Crippen molar-refractivity contribution in [2.24, 2.45) is 5.41 Å². The van der Waals surface area contributed by atoms with E-state index < -0.39 is 20.2 Å². The minimum absolute atomic E-state index is 0.0777. The zero-order valence-corrected chi connectivity index (χ0v) is 19.9. The molecule has 3 aliphatic rings. The number of aromatic amines is 1. The van der Waals surface area contributed by atoms with Crippen LogP contribution in [0.15, 0.2) is 35.5 Å². The van der Waals surface area contributed by atoms with Crippen molar-refractivity contribution >= 4 is 15.9 Å². The molecule has 0 radical (unpaired) electrons. The van der Waals surface area contributed by atoms with Crippen LogP contribution in [0, 0.1) is 5.41 Å². The van der Waals surface area contributed by atoms with Crippen molar-refractivity contribution in [3.8, 4) is 0 Å². The topological polar surface area (TPSA) is 102 Å². The fourth-order valence-corrected chi connectivity index (χ4v) is 6.10. The smallest absolute Gasteiger partial charge is 0.324 e. The van der Waals surface area contributed by atoms with E-state index in [0.29, 0.717) is 19.6 Å². The molecule has 3 fully saturated rings. The Kier molecular flexibility index (Phi) is 6.02. The zero-order valence-electron chi connectivity index (χ0n) is 19.0. The van der Waals surface area contributed by atoms with Crippen LogP contribution in [0.5, 0.6) is 0 Å². The van der Waals surface area contributed by atoms with Gasteiger partial charge < -0.3 is 9.80 Å². The van der Waals surface area contributed by atoms with E-state index in [-0.39, 0.29) is 17.4 Å². The second-order valence-electron chi connectivity index (χ2n) is 9.81. The number of piperidine rings is 1. The first-order valence-corrected chi connectivity index (χ1v) is 13.1. The number of hydrogen-bond acceptors (Lipinski definition) is 6. The van der Waals surface area contributed by atoms with Crippen LogP contribution < -0.4 is 0 Å². The minimum atomic E-state index is -5.33. The molecule has 13 heteroatoms. The summed E-state index contributed by atoms with van der Waals surface area (Å²) in [6.07, 6.45) is 4.24. The van der Waals surface area contributed by atoms with E-state index in [1.54, 1.807) is 0 Å². The maximum atomic E-state index is 12.9. The number of nitrogens with one attached hydrogen (secondary N) is 1. The van der Waals surface area contributed by atoms with Crippen molar-refractivity contribution in [3.05, 3.63) is 42.0 Å². The number of hydrogen-bond donors (Lipinski definition) is 1. The van der Waals surface area contributed by atoms with Gasteiger partial charge in [-0.1, -0.05) is 12.1 Å². The first-order chi connectivity index (χ1) is 16.6. The van der Waals surface area contributed by atoms with Gasteiger partial charge in [-0.25, -0.2) is 18.2 Å². The summed E-state index contributed by atoms with van der Waals surface area (Å²) < 4.78 is 61.2. The number of nitrogens with zero attached hydrogens (tertiary/aromatic N) is 5. The predicted octanol–water partition coefficient (Wildman–Crippen LogP) is 2.61. The van der Waals surface area contributed by atoms with Gasteiger partial charge in [0.1, 0.15) is 12.2 Å². The molecule has 3 saturated heterocycles. The molecule has 0 saturated carbocycles. The maximum absolute atomic E-state index is 12.9. The molecule has 1 N–H and O–H groups in total. The van der Waals surface area contributed by atoms with E-state index in [4.69, 9.17) is 0 Å². The van der Waals surface area contributed by atoms with Crippen LogP contribution in [-0.2, 0) is 16.4 Å². The van der Waals surface area contributed by atoms with Gasteiger partial charge in [0.05, 0.1) is 4.90 Å². The SMILES string of the molecule is O=C(N1CC[C@H](c2ncn[nH]2)C1)N1CC2(CCN(Cc3ccc(S(=O)(=O)C(F)(F)F)cc3)CC2)C1. The largest absolute Gasteiger partial charge is 0.501 e. The number of aromatic nitrogens is 3. The lowest BCUT2D eigenvalue weighted by atomic mass is 9.72. The molecule has 1 spiro atoms. The van der Waals surface area contributed by atoms with Crippen molar-refractivity contribution in [1.82, 2.24) is 29.9 Å². The third-order valence-electron chi connectivity index (χ3n) is 7.46. The lowest BCUT2D eigenvalue weighted by Crippen LogP contribution is -2.63. The highest BCUT2D eigenvalue weighted by Gasteiger charge is 2.48. The van der Waals surface area contributed by atoms with E-state index in [0.717, 1.165) is 69.0 Å². The number of amides is 2. The average Bonchev–Trinajstić information content (AvgIpc) is 3.49. The highest BCUT2D eigenvalue weighted by molar-refractivity contribution is 7.92. The number of carbonyl (C=O) groups is 1. The molecule has 1 aromatic carbocycles. The normalized spacial score (nSPS) is 23.0. The molecule has 3 aliphatic heterocycles. The number of urea groups is 1. The van der Waals surface area contributed by atoms with Crippen LogP contribution in [-0.4, -0.2) is 89.1 Å². The van der Waals surface area contributed by atoms with Gasteiger partial charge in [-0.15, -0.1) is 0 Å². The molecule has 5 rings (SSSR count). The minimum Gasteiger partial charge on any atom is -0.324 e. The van der Waals surface area contributed by atoms with Crippen molar-refractivity contribution < 1.29 is 26.4 Å². The maximum Gasteiger partial charge on any atom is 0.501 e. The van der Waals surface area contributed by atoms with Gasteiger partial charge in [0.25, 0.3) is 9.84 Å². The predicted molar refractivity (Wildman–Crippen MR) is 119 cm³/mol. The van der Waals surface area contributed by atoms with Gasteiger partial charge in [0.15, 0.2) is 0 Å². The molecule has 2 amide bonds. The van der Waals surface area contributed by atoms with E-state index in [1.165, 1.54) is 18.5 Å². The van der Waals surface area contributed by atoms with Crippen LogP contribution in [0.25, 0.3) is 0 Å². The third-order valence-corrected chi connectivity index (χ3v) is 8.97. The van der Waals surface area contributed by atoms with Gasteiger partial charge >= 0.3 is 11.5 Å². The first-order valence-electron chi connectivity index (χ1n) is 11.6. The summed E-state index contributed by atoms with van der Waals surface area (Å²) in [4.78, 5) is 22.4. The molecule has 1 atom stereocenters. The number of carbonyl (C=O) groups excluding carboxylic acids is 1. The Hall–Kier alpha value is -2.67. The summed E-state index contributed by atoms with van der Waals surface area (Å²) in [6.45, 7) is 5.03. The summed E-state index contributed by atoms with van der Waals surface area (Å²) in [7, 11) is -5.33. The molecule has 35 heavy (non-hydrogen) atoms. The second kappa shape index (κ2) is 8.77. The quantitative estimate of drug-likeness (QED) is 0.676. The van der Waals surface area contributed by atoms with Crippen molar-refractivity contribution in [2.75, 3.05) is 39.3 Å². The number of H-pyrrole nitrogens is 1. The van der Waals surface area contributed by atoms with Gasteiger partial charge in [-0.05, 0) is 50.0 Å². The summed E-state index contributed by atoms with van der Waals surface area (Å²) >= 11 is 0. The molecule has 9 nitrogen and oxygen atoms in total. The Balaban J connectivity index is 1.09. The Labute approximate surface area is 201 Å². The standard InChI is InChI=1S/C22H27F3N6O3S/c23-22(24,25)35(33,34)18-3-1-16(2-4-18)11-29-9-6-21(7-10-29)13-31(14-21)20(32)30-8-5-17(12-30)19-26-15-27-28-19/h1-4,15,17H,5-14H2,(H,26,27,28)/t17-/m0/s1. The molecule has 1 aromatic heterocycles. The van der Waals surface area contributed by atoms with Crippen LogP contribution in [0.1, 0.15) is 36.6 Å². The van der Waals surface area contributed by atoms with Crippen LogP contribution in [0.2, 0.25) is 0 Å². The lowest BCUT2D eigenvalue weighted by Gasteiger charge is -2.54. The highest BCUT2D eigenvalue weighted by Crippen LogP contribution is 2.41. The van der Waals surface area contributed by atoms with E-state index >= 15 is 0 Å². The number of benzene rings is 1. The lowest BCUT2D eigenvalue weighted by molar-refractivity contribution is -0.0436. The van der Waals surface area contributed by atoms with E-state index in [2.05, 4.69) is 20.1 Å². The van der Waals surface area contributed by atoms with Crippen LogP contribution in [0.4, 0.5) is 18.0 Å². The van der Waals surface area contributed by atoms with Gasteiger partial charge in [0, 0.05) is 44.1 Å². The van der Waals surface area contributed by atoms with Crippen LogP contribution >= 0.6 is 0 Å². The third kappa shape index (κ3) is 4.63. The summed E-state index contributed by atoms with van der Waals surface area (Å²) in [5, 5.41) is 6.78. The Morgan fingerprint density at radius 3 is 2.37 bits per heavy atom. The fraction of sp³-hybridized carbons (Fsp3) is 0.591. The molecule has 0 unspecified atom stereocenters. The van der Waals surface area contributed by atoms with Crippen molar-refractivity contribution in [1.29, 1.82) is 0 Å². The second-order valence-corrected chi connectivity index (χ2v) is 11.8. The Morgan fingerprint density at radius 1 is 1.09 bits per heavy atom. The van der Waals surface area contributed by atoms with Gasteiger partial charge in [-0.3, -0.25) is 10.00 Å². The average molecular weight is 513 g/mol. The highest BCUT2D eigenvalue weighted by atomic mass is 32.2. The number of alkyl halides is 3. The zero-order chi connectivity index (χ0) is 24.8. The fourth-order valence-electron chi connectivity index (χ4n) is 5.34. The van der Waals surface area contributed by atoms with Crippen molar-refractivity contribution in [2.45, 2.75) is 42.1 Å². The van der Waals surface area contributed by atoms with E-state index in [9.17, 15) is 26.4 Å². The molecule has 4 heterocycles. The summed E-state index contributed by atoms with van der Waals surface area (Å²) in [6, 6.07) is 4.99. The summed E-state index contributed by atoms with van der Waals surface area (Å²) in [5.74, 6) is 1.02. The molecule has 2 aromatic rings. The monoisotopic (exact) mass is 512 g/mol. The van der Waals surface area contributed by atoms with E-state index in [1.807, 2.05) is 9.80 Å². The Morgan fingerprint density at radius 2 is 1.77 bits per heavy atom. The first kappa shape index (κ1) is 24.0. The van der Waals surface area contributed by atoms with Gasteiger partial charge in [0.2, 0.25) is 0 Å². The number of rotatable bonds is 4. The number of sulfone groups is 1. The molecule has 0 bridgehead atoms. The molecular weight excluding hydrogens is 485 g/mol. The van der Waals surface area contributed by atoms with Gasteiger partial charge in [-0.2, -0.15) is 18.3 Å². The number of likely N-dealkylation sites (tertiary alicyclic amines) is 3. The van der Waals surface area contributed by atoms with Crippen molar-refractivity contribution in [3.63, 3.8) is 0 Å². The van der Waals surface area contributed by atoms with Crippen LogP contribution in [0.3, 0.4) is 0 Å². The molecular formula is C22H27F3N6O3S. The summed E-state index contributed by atoms with van der Waals surface area (Å²) in [5.41, 5.74) is -4.41. The molecule has 190 valence electrons. The molecule has 0 aliphatic carbocycles. The number of halogens is 3. The Bertz CT molecular complexity index is 1150.